The van der Waals surface area contributed by atoms with Gasteiger partial charge in [0.25, 0.3) is 0 Å². The highest BCUT2D eigenvalue weighted by Crippen LogP contribution is 2.44. The molecule has 1 aromatic rings. The Bertz CT molecular complexity index is 430. The molecule has 84 valence electrons. The summed E-state index contributed by atoms with van der Waals surface area (Å²) >= 11 is 0. The molecule has 2 aliphatic rings. The molecule has 0 aromatic heterocycles. The summed E-state index contributed by atoms with van der Waals surface area (Å²) in [6.07, 6.45) is 3.87. The fraction of sp³-hybridized carbons (Fsp3) is 0.462. The lowest BCUT2D eigenvalue weighted by atomic mass is 10.1. The number of carboxylic acids is 1. The molecule has 0 radical (unpaired) electrons. The second-order valence-electron chi connectivity index (χ2n) is 4.75. The maximum atomic E-state index is 10.9. The fourth-order valence-corrected chi connectivity index (χ4v) is 2.75. The van der Waals surface area contributed by atoms with Crippen molar-refractivity contribution >= 4 is 11.7 Å². The Kier molecular flexibility index (Phi) is 2.13. The third-order valence-electron chi connectivity index (χ3n) is 3.68. The Morgan fingerprint density at radius 3 is 3.12 bits per heavy atom. The van der Waals surface area contributed by atoms with Gasteiger partial charge >= 0.3 is 5.97 Å². The standard InChI is InChI=1S/C13H15NO2/c15-13(16)10-3-1-5-11(7-10)14-6-2-4-9-8-12(9)14/h1,3,5,7,9,12H,2,4,6,8H2,(H,15,16). The number of fused-ring (bicyclic) bond motifs is 1. The van der Waals surface area contributed by atoms with Gasteiger partial charge in [-0.1, -0.05) is 6.07 Å². The van der Waals surface area contributed by atoms with E-state index in [0.29, 0.717) is 11.6 Å². The molecule has 2 unspecified atom stereocenters. The number of rotatable bonds is 2. The summed E-state index contributed by atoms with van der Waals surface area (Å²) in [6.45, 7) is 1.07. The molecule has 3 rings (SSSR count). The molecule has 0 bridgehead atoms. The normalized spacial score (nSPS) is 27.4. The van der Waals surface area contributed by atoms with Gasteiger partial charge in [-0.3, -0.25) is 0 Å². The predicted octanol–water partition coefficient (Wildman–Crippen LogP) is 2.37. The van der Waals surface area contributed by atoms with Crippen LogP contribution in [0.2, 0.25) is 0 Å². The molecule has 3 nitrogen and oxygen atoms in total. The van der Waals surface area contributed by atoms with Gasteiger partial charge in [0.15, 0.2) is 0 Å². The van der Waals surface area contributed by atoms with E-state index in [4.69, 9.17) is 5.11 Å². The SMILES string of the molecule is O=C(O)c1cccc(N2CCCC3CC32)c1. The van der Waals surface area contributed by atoms with Crippen LogP contribution in [0, 0.1) is 5.92 Å². The highest BCUT2D eigenvalue weighted by Gasteiger charge is 2.44. The summed E-state index contributed by atoms with van der Waals surface area (Å²) < 4.78 is 0. The van der Waals surface area contributed by atoms with Crippen molar-refractivity contribution in [1.82, 2.24) is 0 Å². The molecule has 1 N–H and O–H groups in total. The molecular weight excluding hydrogens is 202 g/mol. The lowest BCUT2D eigenvalue weighted by molar-refractivity contribution is 0.0697. The van der Waals surface area contributed by atoms with Crippen LogP contribution < -0.4 is 4.90 Å². The van der Waals surface area contributed by atoms with E-state index in [1.165, 1.54) is 19.3 Å². The van der Waals surface area contributed by atoms with Gasteiger partial charge in [-0.25, -0.2) is 4.79 Å². The highest BCUT2D eigenvalue weighted by molar-refractivity contribution is 5.88. The molecule has 1 aliphatic heterocycles. The zero-order valence-corrected chi connectivity index (χ0v) is 9.10. The minimum absolute atomic E-state index is 0.389. The lowest BCUT2D eigenvalue weighted by Crippen LogP contribution is -2.31. The second kappa shape index (κ2) is 3.51. The summed E-state index contributed by atoms with van der Waals surface area (Å²) in [4.78, 5) is 13.3. The van der Waals surface area contributed by atoms with Crippen LogP contribution in [0.1, 0.15) is 29.6 Å². The first-order valence-electron chi connectivity index (χ1n) is 5.86. The van der Waals surface area contributed by atoms with Gasteiger partial charge in [-0.2, -0.15) is 0 Å². The lowest BCUT2D eigenvalue weighted by Gasteiger charge is -2.29. The van der Waals surface area contributed by atoms with Crippen molar-refractivity contribution < 1.29 is 9.90 Å². The third kappa shape index (κ3) is 1.56. The number of nitrogens with zero attached hydrogens (tertiary/aromatic N) is 1. The van der Waals surface area contributed by atoms with E-state index in [1.807, 2.05) is 12.1 Å². The van der Waals surface area contributed by atoms with E-state index >= 15 is 0 Å². The molecule has 2 atom stereocenters. The number of benzene rings is 1. The Labute approximate surface area is 94.7 Å². The predicted molar refractivity (Wildman–Crippen MR) is 61.9 cm³/mol. The fourth-order valence-electron chi connectivity index (χ4n) is 2.75. The van der Waals surface area contributed by atoms with E-state index in [-0.39, 0.29) is 0 Å². The highest BCUT2D eigenvalue weighted by atomic mass is 16.4. The summed E-state index contributed by atoms with van der Waals surface area (Å²) in [7, 11) is 0. The Morgan fingerprint density at radius 2 is 2.31 bits per heavy atom. The van der Waals surface area contributed by atoms with E-state index in [0.717, 1.165) is 18.2 Å². The average Bonchev–Trinajstić information content (AvgIpc) is 3.07. The van der Waals surface area contributed by atoms with Crippen LogP contribution in [0.3, 0.4) is 0 Å². The first kappa shape index (κ1) is 9.70. The first-order chi connectivity index (χ1) is 7.75. The summed E-state index contributed by atoms with van der Waals surface area (Å²) in [5.74, 6) is 0.0217. The van der Waals surface area contributed by atoms with Crippen LogP contribution >= 0.6 is 0 Å². The third-order valence-corrected chi connectivity index (χ3v) is 3.68. The van der Waals surface area contributed by atoms with Gasteiger partial charge in [0.2, 0.25) is 0 Å². The Morgan fingerprint density at radius 1 is 1.44 bits per heavy atom. The van der Waals surface area contributed by atoms with Crippen molar-refractivity contribution in [1.29, 1.82) is 0 Å². The van der Waals surface area contributed by atoms with Crippen molar-refractivity contribution in [2.24, 2.45) is 5.92 Å². The van der Waals surface area contributed by atoms with Gasteiger partial charge in [0, 0.05) is 18.3 Å². The molecule has 3 heteroatoms. The summed E-state index contributed by atoms with van der Waals surface area (Å²) in [5, 5.41) is 8.97. The van der Waals surface area contributed by atoms with Gasteiger partial charge < -0.3 is 10.0 Å². The monoisotopic (exact) mass is 217 g/mol. The van der Waals surface area contributed by atoms with E-state index in [1.54, 1.807) is 12.1 Å². The second-order valence-corrected chi connectivity index (χ2v) is 4.75. The molecular formula is C13H15NO2. The number of anilines is 1. The van der Waals surface area contributed by atoms with Crippen LogP contribution in [0.15, 0.2) is 24.3 Å². The van der Waals surface area contributed by atoms with Gasteiger partial charge in [-0.15, -0.1) is 0 Å². The molecule has 16 heavy (non-hydrogen) atoms. The minimum Gasteiger partial charge on any atom is -0.478 e. The molecule has 1 aliphatic carbocycles. The topological polar surface area (TPSA) is 40.5 Å². The number of hydrogen-bond donors (Lipinski definition) is 1. The summed E-state index contributed by atoms with van der Waals surface area (Å²) in [6, 6.07) is 7.99. The number of carboxylic acid groups (broad SMARTS) is 1. The van der Waals surface area contributed by atoms with Crippen LogP contribution in [-0.4, -0.2) is 23.7 Å². The number of aromatic carboxylic acids is 1. The molecule has 0 amide bonds. The zero-order chi connectivity index (χ0) is 11.1. The molecule has 0 spiro atoms. The van der Waals surface area contributed by atoms with Gasteiger partial charge in [0.1, 0.15) is 0 Å². The maximum Gasteiger partial charge on any atom is 0.335 e. The van der Waals surface area contributed by atoms with Crippen molar-refractivity contribution in [3.8, 4) is 0 Å². The van der Waals surface area contributed by atoms with Gasteiger partial charge in [-0.05, 0) is 43.4 Å². The molecule has 1 aromatic carbocycles. The van der Waals surface area contributed by atoms with Crippen LogP contribution in [0.4, 0.5) is 5.69 Å². The number of piperidine rings is 1. The van der Waals surface area contributed by atoms with E-state index < -0.39 is 5.97 Å². The van der Waals surface area contributed by atoms with Crippen LogP contribution in [-0.2, 0) is 0 Å². The molecule has 2 fully saturated rings. The minimum atomic E-state index is -0.841. The smallest absolute Gasteiger partial charge is 0.335 e. The largest absolute Gasteiger partial charge is 0.478 e. The number of hydrogen-bond acceptors (Lipinski definition) is 2. The van der Waals surface area contributed by atoms with Gasteiger partial charge in [0.05, 0.1) is 5.56 Å². The Balaban J connectivity index is 1.88. The molecule has 1 heterocycles. The average molecular weight is 217 g/mol. The van der Waals surface area contributed by atoms with Crippen LogP contribution in [0.5, 0.6) is 0 Å². The quantitative estimate of drug-likeness (QED) is 0.826. The van der Waals surface area contributed by atoms with Crippen molar-refractivity contribution in [2.45, 2.75) is 25.3 Å². The maximum absolute atomic E-state index is 10.9. The van der Waals surface area contributed by atoms with Crippen LogP contribution in [0.25, 0.3) is 0 Å². The number of carbonyl (C=O) groups is 1. The van der Waals surface area contributed by atoms with E-state index in [9.17, 15) is 4.79 Å². The van der Waals surface area contributed by atoms with Crippen molar-refractivity contribution in [3.63, 3.8) is 0 Å². The van der Waals surface area contributed by atoms with Crippen molar-refractivity contribution in [2.75, 3.05) is 11.4 Å². The van der Waals surface area contributed by atoms with E-state index in [2.05, 4.69) is 4.90 Å². The van der Waals surface area contributed by atoms with Crippen molar-refractivity contribution in [3.05, 3.63) is 29.8 Å². The summed E-state index contributed by atoms with van der Waals surface area (Å²) in [5.41, 5.74) is 1.47. The molecule has 1 saturated carbocycles. The molecule has 1 saturated heterocycles. The zero-order valence-electron chi connectivity index (χ0n) is 9.10. The first-order valence-corrected chi connectivity index (χ1v) is 5.86. The Hall–Kier alpha value is -1.51.